The number of ether oxygens (including phenoxy) is 4. The molecule has 1 fully saturated rings. The van der Waals surface area contributed by atoms with Crippen molar-refractivity contribution in [2.45, 2.75) is 137 Å². The quantitative estimate of drug-likeness (QED) is 0.224. The molecule has 0 unspecified atom stereocenters. The van der Waals surface area contributed by atoms with Crippen LogP contribution in [0, 0.1) is 0 Å². The van der Waals surface area contributed by atoms with Gasteiger partial charge in [-0.1, -0.05) is 12.8 Å². The molecule has 0 spiro atoms. The topological polar surface area (TPSA) is 138 Å². The van der Waals surface area contributed by atoms with Gasteiger partial charge in [-0.15, -0.1) is 0 Å². The molecule has 1 heterocycles. The summed E-state index contributed by atoms with van der Waals surface area (Å²) in [6.45, 7) is 23.9. The number of hydrogen-bond acceptors (Lipinski definition) is 13. The standard InChI is InChI=1S/C39H69N5O9/c1-36(2,3)50-32(46)26-41-19-17-40(25-31(45)44(30-15-13-14-16-30)29-35(49)53-39(10,11)12)18-20-42(27-33(47)51-37(4,5)6)22-24-43(23-21-41)28-34(48)52-38(7,8)9/h17,19,30H,13-16,18,20-29H2,1-12H3/b19-17-. The third kappa shape index (κ3) is 20.6. The van der Waals surface area contributed by atoms with Crippen molar-refractivity contribution in [3.63, 3.8) is 0 Å². The molecule has 0 radical (unpaired) electrons. The Morgan fingerprint density at radius 2 is 0.849 bits per heavy atom. The van der Waals surface area contributed by atoms with Crippen molar-refractivity contribution in [1.29, 1.82) is 0 Å². The first-order chi connectivity index (χ1) is 24.3. The molecule has 0 N–H and O–H groups in total. The summed E-state index contributed by atoms with van der Waals surface area (Å²) in [6, 6.07) is -0.0604. The number of nitrogens with zero attached hydrogens (tertiary/aromatic N) is 5. The first kappa shape index (κ1) is 45.8. The predicted octanol–water partition coefficient (Wildman–Crippen LogP) is 3.82. The molecule has 0 saturated heterocycles. The van der Waals surface area contributed by atoms with E-state index in [4.69, 9.17) is 18.9 Å². The molecule has 1 aliphatic carbocycles. The van der Waals surface area contributed by atoms with E-state index in [0.29, 0.717) is 39.3 Å². The third-order valence-corrected chi connectivity index (χ3v) is 8.07. The van der Waals surface area contributed by atoms with Gasteiger partial charge in [-0.2, -0.15) is 0 Å². The zero-order valence-corrected chi connectivity index (χ0v) is 34.7. The Bertz CT molecular complexity index is 1250. The van der Waals surface area contributed by atoms with E-state index in [1.807, 2.05) is 81.9 Å². The van der Waals surface area contributed by atoms with E-state index < -0.39 is 34.3 Å². The highest BCUT2D eigenvalue weighted by molar-refractivity contribution is 5.84. The lowest BCUT2D eigenvalue weighted by Gasteiger charge is -2.34. The van der Waals surface area contributed by atoms with Gasteiger partial charge in [0.1, 0.15) is 35.5 Å². The van der Waals surface area contributed by atoms with Crippen LogP contribution in [-0.4, -0.2) is 155 Å². The lowest BCUT2D eigenvalue weighted by molar-refractivity contribution is -0.160. The average Bonchev–Trinajstić information content (AvgIpc) is 3.48. The lowest BCUT2D eigenvalue weighted by Crippen LogP contribution is -2.49. The van der Waals surface area contributed by atoms with E-state index >= 15 is 0 Å². The van der Waals surface area contributed by atoms with Crippen molar-refractivity contribution in [2.75, 3.05) is 72.0 Å². The number of esters is 4. The Balaban J connectivity index is 2.44. The molecular weight excluding hydrogens is 682 g/mol. The molecule has 14 heteroatoms. The molecule has 0 bridgehead atoms. The summed E-state index contributed by atoms with van der Waals surface area (Å²) < 4.78 is 22.5. The Kier molecular flexibility index (Phi) is 17.1. The van der Waals surface area contributed by atoms with E-state index in [0.717, 1.165) is 25.7 Å². The van der Waals surface area contributed by atoms with Gasteiger partial charge in [-0.3, -0.25) is 33.8 Å². The molecule has 1 saturated carbocycles. The zero-order valence-electron chi connectivity index (χ0n) is 34.7. The molecule has 1 aliphatic heterocycles. The Labute approximate surface area is 318 Å². The van der Waals surface area contributed by atoms with Gasteiger partial charge in [-0.25, -0.2) is 0 Å². The summed E-state index contributed by atoms with van der Waals surface area (Å²) in [6.07, 6.45) is 7.13. The minimum Gasteiger partial charge on any atom is -0.459 e. The normalized spacial score (nSPS) is 18.4. The Morgan fingerprint density at radius 3 is 1.25 bits per heavy atom. The second kappa shape index (κ2) is 19.8. The maximum Gasteiger partial charge on any atom is 0.326 e. The van der Waals surface area contributed by atoms with Crippen molar-refractivity contribution < 1.29 is 42.9 Å². The highest BCUT2D eigenvalue weighted by atomic mass is 16.6. The first-order valence-corrected chi connectivity index (χ1v) is 19.0. The van der Waals surface area contributed by atoms with Crippen molar-refractivity contribution in [3.8, 4) is 0 Å². The summed E-state index contributed by atoms with van der Waals surface area (Å²) in [4.78, 5) is 75.2. The van der Waals surface area contributed by atoms with E-state index in [1.54, 1.807) is 38.1 Å². The van der Waals surface area contributed by atoms with Crippen LogP contribution in [0.5, 0.6) is 0 Å². The molecule has 0 aromatic rings. The molecular formula is C39H69N5O9. The molecule has 14 nitrogen and oxygen atoms in total. The van der Waals surface area contributed by atoms with Crippen LogP contribution in [-0.2, 0) is 42.9 Å². The SMILES string of the molecule is CC(C)(C)OC(=O)CN1/C=C\N(CC(=O)N(CC(=O)OC(C)(C)C)C2CCCC2)CCN(CC(=O)OC(C)(C)C)CCN(CC(=O)OC(C)(C)C)CC1. The van der Waals surface area contributed by atoms with E-state index in [-0.39, 0.29) is 56.6 Å². The van der Waals surface area contributed by atoms with Crippen molar-refractivity contribution in [1.82, 2.24) is 24.5 Å². The monoisotopic (exact) mass is 752 g/mol. The molecule has 0 aromatic heterocycles. The fraction of sp³-hybridized carbons (Fsp3) is 0.821. The van der Waals surface area contributed by atoms with Crippen LogP contribution < -0.4 is 0 Å². The van der Waals surface area contributed by atoms with Gasteiger partial charge in [0.25, 0.3) is 0 Å². The van der Waals surface area contributed by atoms with Crippen molar-refractivity contribution in [2.24, 2.45) is 0 Å². The van der Waals surface area contributed by atoms with Gasteiger partial charge in [-0.05, 0) is 95.9 Å². The number of carbonyl (C=O) groups excluding carboxylic acids is 5. The van der Waals surface area contributed by atoms with E-state index in [9.17, 15) is 24.0 Å². The molecule has 1 amide bonds. The van der Waals surface area contributed by atoms with Gasteiger partial charge in [0, 0.05) is 57.7 Å². The molecule has 53 heavy (non-hydrogen) atoms. The van der Waals surface area contributed by atoms with Crippen LogP contribution in [0.2, 0.25) is 0 Å². The number of rotatable bonds is 11. The molecule has 0 aromatic carbocycles. The van der Waals surface area contributed by atoms with Crippen molar-refractivity contribution in [3.05, 3.63) is 12.4 Å². The van der Waals surface area contributed by atoms with Gasteiger partial charge in [0.15, 0.2) is 0 Å². The minimum absolute atomic E-state index is 0.0145. The highest BCUT2D eigenvalue weighted by Gasteiger charge is 2.31. The summed E-state index contributed by atoms with van der Waals surface area (Å²) in [7, 11) is 0. The molecule has 2 aliphatic rings. The minimum atomic E-state index is -0.682. The predicted molar refractivity (Wildman–Crippen MR) is 203 cm³/mol. The molecule has 2 rings (SSSR count). The van der Waals surface area contributed by atoms with Crippen molar-refractivity contribution >= 4 is 29.8 Å². The van der Waals surface area contributed by atoms with Gasteiger partial charge in [0.2, 0.25) is 5.91 Å². The number of hydrogen-bond donors (Lipinski definition) is 0. The number of amides is 1. The maximum absolute atomic E-state index is 14.1. The van der Waals surface area contributed by atoms with E-state index in [2.05, 4.69) is 0 Å². The third-order valence-electron chi connectivity index (χ3n) is 8.07. The van der Waals surface area contributed by atoms with Gasteiger partial charge >= 0.3 is 23.9 Å². The van der Waals surface area contributed by atoms with Crippen LogP contribution in [0.15, 0.2) is 12.4 Å². The first-order valence-electron chi connectivity index (χ1n) is 19.0. The molecule has 304 valence electrons. The Morgan fingerprint density at radius 1 is 0.509 bits per heavy atom. The summed E-state index contributed by atoms with van der Waals surface area (Å²) in [5, 5.41) is 0. The fourth-order valence-electron chi connectivity index (χ4n) is 6.03. The Hall–Kier alpha value is -3.39. The fourth-order valence-corrected chi connectivity index (χ4v) is 6.03. The largest absolute Gasteiger partial charge is 0.459 e. The van der Waals surface area contributed by atoms with Crippen LogP contribution in [0.1, 0.15) is 109 Å². The smallest absolute Gasteiger partial charge is 0.326 e. The highest BCUT2D eigenvalue weighted by Crippen LogP contribution is 2.24. The number of carbonyl (C=O) groups is 5. The van der Waals surface area contributed by atoms with Crippen LogP contribution >= 0.6 is 0 Å². The summed E-state index contributed by atoms with van der Waals surface area (Å²) in [5.74, 6) is -1.83. The van der Waals surface area contributed by atoms with Crippen LogP contribution in [0.25, 0.3) is 0 Å². The average molecular weight is 752 g/mol. The van der Waals surface area contributed by atoms with Gasteiger partial charge in [0.05, 0.1) is 19.6 Å². The summed E-state index contributed by atoms with van der Waals surface area (Å²) in [5.41, 5.74) is -2.68. The maximum atomic E-state index is 14.1. The molecule has 0 atom stereocenters. The van der Waals surface area contributed by atoms with Gasteiger partial charge < -0.3 is 33.6 Å². The summed E-state index contributed by atoms with van der Waals surface area (Å²) >= 11 is 0. The second-order valence-electron chi connectivity index (χ2n) is 18.1. The zero-order chi connectivity index (χ0) is 40.2. The van der Waals surface area contributed by atoms with Crippen LogP contribution in [0.4, 0.5) is 0 Å². The second-order valence-corrected chi connectivity index (χ2v) is 18.1. The lowest BCUT2D eigenvalue weighted by atomic mass is 10.2. The van der Waals surface area contributed by atoms with Crippen LogP contribution in [0.3, 0.4) is 0 Å². The van der Waals surface area contributed by atoms with E-state index in [1.165, 1.54) is 0 Å².